The van der Waals surface area contributed by atoms with Crippen LogP contribution in [-0.2, 0) is 6.54 Å². The smallest absolute Gasteiger partial charge is 0.387 e. The molecule has 0 saturated carbocycles. The predicted octanol–water partition coefficient (Wildman–Crippen LogP) is 1.17. The lowest BCUT2D eigenvalue weighted by atomic mass is 10.2. The summed E-state index contributed by atoms with van der Waals surface area (Å²) in [4.78, 5) is 13.7. The maximum Gasteiger partial charge on any atom is 0.387 e. The van der Waals surface area contributed by atoms with Gasteiger partial charge < -0.3 is 15.5 Å². The van der Waals surface area contributed by atoms with E-state index in [9.17, 15) is 13.6 Å². The van der Waals surface area contributed by atoms with Gasteiger partial charge in [0.2, 0.25) is 0 Å². The number of alkyl halides is 2. The van der Waals surface area contributed by atoms with Gasteiger partial charge >= 0.3 is 6.61 Å². The summed E-state index contributed by atoms with van der Waals surface area (Å²) in [6, 6.07) is 1.32. The molecule has 0 radical (unpaired) electrons. The molecule has 0 aliphatic rings. The Morgan fingerprint density at radius 1 is 1.60 bits per heavy atom. The molecule has 0 atom stereocenters. The van der Waals surface area contributed by atoms with Crippen molar-refractivity contribution in [3.05, 3.63) is 27.7 Å². The van der Waals surface area contributed by atoms with E-state index in [-0.39, 0.29) is 30.3 Å². The van der Waals surface area contributed by atoms with Crippen molar-refractivity contribution in [1.29, 1.82) is 0 Å². The van der Waals surface area contributed by atoms with Crippen LogP contribution in [0.1, 0.15) is 11.3 Å². The Labute approximate surface area is 90.8 Å². The zero-order valence-electron chi connectivity index (χ0n) is 7.92. The van der Waals surface area contributed by atoms with Crippen LogP contribution in [0.2, 0.25) is 0 Å². The zero-order chi connectivity index (χ0) is 10.7. The molecule has 1 aromatic heterocycles. The van der Waals surface area contributed by atoms with E-state index in [0.717, 1.165) is 0 Å². The summed E-state index contributed by atoms with van der Waals surface area (Å²) in [6.07, 6.45) is 0. The number of H-pyrrole nitrogens is 1. The average molecular weight is 241 g/mol. The number of nitrogens with two attached hydrogens (primary N) is 1. The van der Waals surface area contributed by atoms with E-state index in [4.69, 9.17) is 5.73 Å². The number of halogens is 3. The molecule has 3 N–H and O–H groups in total. The minimum absolute atomic E-state index is 0. The van der Waals surface area contributed by atoms with Gasteiger partial charge in [-0.25, -0.2) is 0 Å². The topological polar surface area (TPSA) is 68.1 Å². The maximum atomic E-state index is 11.9. The van der Waals surface area contributed by atoms with E-state index in [1.165, 1.54) is 6.07 Å². The summed E-state index contributed by atoms with van der Waals surface area (Å²) in [7, 11) is 0. The molecule has 0 saturated heterocycles. The molecule has 0 fully saturated rings. The van der Waals surface area contributed by atoms with Crippen molar-refractivity contribution in [2.45, 2.75) is 20.1 Å². The van der Waals surface area contributed by atoms with Gasteiger partial charge in [-0.2, -0.15) is 8.78 Å². The fraction of sp³-hybridized carbons (Fsp3) is 0.375. The number of pyridine rings is 1. The molecule has 0 unspecified atom stereocenters. The van der Waals surface area contributed by atoms with Crippen LogP contribution < -0.4 is 16.0 Å². The molecule has 86 valence electrons. The van der Waals surface area contributed by atoms with Gasteiger partial charge in [0.1, 0.15) is 5.75 Å². The Balaban J connectivity index is 0.00000196. The van der Waals surface area contributed by atoms with Gasteiger partial charge in [-0.3, -0.25) is 4.79 Å². The summed E-state index contributed by atoms with van der Waals surface area (Å²) < 4.78 is 28.0. The van der Waals surface area contributed by atoms with Crippen LogP contribution in [0.3, 0.4) is 0 Å². The normalized spacial score (nSPS) is 9.93. The van der Waals surface area contributed by atoms with Gasteiger partial charge in [-0.05, 0) is 6.92 Å². The molecular weight excluding hydrogens is 230 g/mol. The number of nitrogens with one attached hydrogen (secondary N) is 1. The van der Waals surface area contributed by atoms with Crippen LogP contribution in [-0.4, -0.2) is 11.6 Å². The Bertz CT molecular complexity index is 381. The highest BCUT2D eigenvalue weighted by atomic mass is 35.5. The SMILES string of the molecule is Cc1cc(OC(F)F)c(CN)c(=O)[nH]1.Cl. The van der Waals surface area contributed by atoms with Crippen molar-refractivity contribution in [3.8, 4) is 5.75 Å². The minimum Gasteiger partial charge on any atom is -0.434 e. The largest absolute Gasteiger partial charge is 0.434 e. The van der Waals surface area contributed by atoms with Crippen molar-refractivity contribution in [2.24, 2.45) is 5.73 Å². The van der Waals surface area contributed by atoms with Gasteiger partial charge in [-0.15, -0.1) is 12.4 Å². The number of hydrogen-bond donors (Lipinski definition) is 2. The summed E-state index contributed by atoms with van der Waals surface area (Å²) in [5.74, 6) is -0.163. The number of hydrogen-bond acceptors (Lipinski definition) is 3. The average Bonchev–Trinajstić information content (AvgIpc) is 2.01. The van der Waals surface area contributed by atoms with Crippen LogP contribution in [0.15, 0.2) is 10.9 Å². The Morgan fingerprint density at radius 2 is 2.20 bits per heavy atom. The van der Waals surface area contributed by atoms with Gasteiger partial charge in [-0.1, -0.05) is 0 Å². The van der Waals surface area contributed by atoms with E-state index in [1.807, 2.05) is 0 Å². The molecule has 1 heterocycles. The molecule has 1 rings (SSSR count). The van der Waals surface area contributed by atoms with Crippen LogP contribution in [0.4, 0.5) is 8.78 Å². The lowest BCUT2D eigenvalue weighted by Crippen LogP contribution is -2.19. The third-order valence-electron chi connectivity index (χ3n) is 1.65. The Kier molecular flexibility index (Phi) is 5.24. The molecule has 0 spiro atoms. The standard InChI is InChI=1S/C8H10F2N2O2.ClH/c1-4-2-6(14-8(9)10)5(3-11)7(13)12-4;/h2,8H,3,11H2,1H3,(H,12,13);1H. The first-order chi connectivity index (χ1) is 6.54. The summed E-state index contributed by atoms with van der Waals surface area (Å²) in [5, 5.41) is 0. The summed E-state index contributed by atoms with van der Waals surface area (Å²) >= 11 is 0. The quantitative estimate of drug-likeness (QED) is 0.833. The molecule has 0 aliphatic carbocycles. The van der Waals surface area contributed by atoms with Crippen molar-refractivity contribution >= 4 is 12.4 Å². The molecule has 0 aromatic carbocycles. The second-order valence-corrected chi connectivity index (χ2v) is 2.71. The monoisotopic (exact) mass is 240 g/mol. The maximum absolute atomic E-state index is 11.9. The fourth-order valence-electron chi connectivity index (χ4n) is 1.08. The molecule has 0 aliphatic heterocycles. The number of aromatic amines is 1. The number of ether oxygens (including phenoxy) is 1. The highest BCUT2D eigenvalue weighted by Gasteiger charge is 2.12. The highest BCUT2D eigenvalue weighted by Crippen LogP contribution is 2.17. The fourth-order valence-corrected chi connectivity index (χ4v) is 1.08. The van der Waals surface area contributed by atoms with Crippen molar-refractivity contribution in [2.75, 3.05) is 0 Å². The third kappa shape index (κ3) is 3.49. The first-order valence-electron chi connectivity index (χ1n) is 3.92. The van der Waals surface area contributed by atoms with Crippen molar-refractivity contribution in [3.63, 3.8) is 0 Å². The molecule has 0 bridgehead atoms. The molecular formula is C8H11ClF2N2O2. The third-order valence-corrected chi connectivity index (χ3v) is 1.65. The van der Waals surface area contributed by atoms with Gasteiger partial charge in [0.15, 0.2) is 0 Å². The van der Waals surface area contributed by atoms with Crippen molar-refractivity contribution < 1.29 is 13.5 Å². The molecule has 15 heavy (non-hydrogen) atoms. The van der Waals surface area contributed by atoms with E-state index < -0.39 is 12.2 Å². The second-order valence-electron chi connectivity index (χ2n) is 2.71. The van der Waals surface area contributed by atoms with E-state index in [0.29, 0.717) is 5.69 Å². The van der Waals surface area contributed by atoms with Gasteiger partial charge in [0.25, 0.3) is 5.56 Å². The predicted molar refractivity (Wildman–Crippen MR) is 53.6 cm³/mol. The highest BCUT2D eigenvalue weighted by molar-refractivity contribution is 5.85. The van der Waals surface area contributed by atoms with Crippen LogP contribution in [0.25, 0.3) is 0 Å². The Morgan fingerprint density at radius 3 is 2.67 bits per heavy atom. The first kappa shape index (κ1) is 13.9. The van der Waals surface area contributed by atoms with Gasteiger partial charge in [0, 0.05) is 18.3 Å². The van der Waals surface area contributed by atoms with E-state index >= 15 is 0 Å². The zero-order valence-corrected chi connectivity index (χ0v) is 8.74. The van der Waals surface area contributed by atoms with Crippen LogP contribution in [0.5, 0.6) is 5.75 Å². The molecule has 0 amide bonds. The lowest BCUT2D eigenvalue weighted by Gasteiger charge is -2.08. The van der Waals surface area contributed by atoms with Crippen molar-refractivity contribution in [1.82, 2.24) is 4.98 Å². The first-order valence-corrected chi connectivity index (χ1v) is 3.92. The minimum atomic E-state index is -2.96. The second kappa shape index (κ2) is 5.67. The molecule has 7 heteroatoms. The lowest BCUT2D eigenvalue weighted by molar-refractivity contribution is -0.0505. The van der Waals surface area contributed by atoms with E-state index in [2.05, 4.69) is 9.72 Å². The van der Waals surface area contributed by atoms with E-state index in [1.54, 1.807) is 6.92 Å². The van der Waals surface area contributed by atoms with Crippen LogP contribution >= 0.6 is 12.4 Å². The number of rotatable bonds is 3. The van der Waals surface area contributed by atoms with Gasteiger partial charge in [0.05, 0.1) is 5.56 Å². The molecule has 1 aromatic rings. The van der Waals surface area contributed by atoms with Crippen LogP contribution in [0, 0.1) is 6.92 Å². The number of aryl methyl sites for hydroxylation is 1. The summed E-state index contributed by atoms with van der Waals surface area (Å²) in [6.45, 7) is -1.53. The summed E-state index contributed by atoms with van der Waals surface area (Å²) in [5.41, 5.74) is 5.21. The molecule has 4 nitrogen and oxygen atoms in total. The Hall–Kier alpha value is -1.14. The number of aromatic nitrogens is 1.